The maximum absolute atomic E-state index is 11.3. The van der Waals surface area contributed by atoms with Crippen LogP contribution >= 0.6 is 22.6 Å². The maximum atomic E-state index is 11.3. The lowest BCUT2D eigenvalue weighted by molar-refractivity contribution is 0.0695. The molecule has 1 rings (SSSR count). The summed E-state index contributed by atoms with van der Waals surface area (Å²) in [5.41, 5.74) is -0.0769. The number of nitrogens with one attached hydrogen (secondary N) is 1. The predicted octanol–water partition coefficient (Wildman–Crippen LogP) is 0.141. The summed E-state index contributed by atoms with van der Waals surface area (Å²) < 4.78 is 23.0. The van der Waals surface area contributed by atoms with Gasteiger partial charge in [-0.2, -0.15) is 4.83 Å². The summed E-state index contributed by atoms with van der Waals surface area (Å²) in [5.74, 6) is 3.63. The van der Waals surface area contributed by atoms with E-state index in [2.05, 4.69) is 0 Å². The van der Waals surface area contributed by atoms with E-state index >= 15 is 0 Å². The molecule has 0 fully saturated rings. The van der Waals surface area contributed by atoms with Gasteiger partial charge in [0.05, 0.1) is 10.5 Å². The Morgan fingerprint density at radius 3 is 2.53 bits per heavy atom. The van der Waals surface area contributed by atoms with Gasteiger partial charge < -0.3 is 5.11 Å². The average Bonchev–Trinajstić information content (AvgIpc) is 2.17. The molecule has 0 bridgehead atoms. The van der Waals surface area contributed by atoms with Crippen LogP contribution in [-0.2, 0) is 10.0 Å². The van der Waals surface area contributed by atoms with Crippen LogP contribution in [0.2, 0.25) is 0 Å². The summed E-state index contributed by atoms with van der Waals surface area (Å²) in [5, 5.41) is 8.78. The number of nitrogens with two attached hydrogens (primary N) is 1. The number of hydrogen-bond acceptors (Lipinski definition) is 4. The van der Waals surface area contributed by atoms with Gasteiger partial charge in [0.2, 0.25) is 0 Å². The molecule has 0 aliphatic carbocycles. The van der Waals surface area contributed by atoms with Crippen molar-refractivity contribution in [1.29, 1.82) is 0 Å². The van der Waals surface area contributed by atoms with Crippen LogP contribution in [0.5, 0.6) is 0 Å². The van der Waals surface area contributed by atoms with E-state index < -0.39 is 16.0 Å². The van der Waals surface area contributed by atoms with Crippen LogP contribution in [0.25, 0.3) is 0 Å². The molecule has 0 unspecified atom stereocenters. The minimum atomic E-state index is -3.81. The molecule has 0 aliphatic heterocycles. The fourth-order valence-corrected chi connectivity index (χ4v) is 2.13. The van der Waals surface area contributed by atoms with Crippen molar-refractivity contribution >= 4 is 38.6 Å². The summed E-state index contributed by atoms with van der Waals surface area (Å²) in [4.78, 5) is 12.2. The Balaban J connectivity index is 3.38. The van der Waals surface area contributed by atoms with Gasteiger partial charge in [0.15, 0.2) is 0 Å². The Hall–Kier alpha value is -0.710. The summed E-state index contributed by atoms with van der Waals surface area (Å²) >= 11 is 1.81. The highest BCUT2D eigenvalue weighted by atomic mass is 127. The molecule has 1 aromatic rings. The number of halogens is 1. The van der Waals surface area contributed by atoms with E-state index in [4.69, 9.17) is 10.9 Å². The molecule has 82 valence electrons. The first kappa shape index (κ1) is 12.4. The molecule has 0 aromatic heterocycles. The summed E-state index contributed by atoms with van der Waals surface area (Å²) in [7, 11) is -3.81. The van der Waals surface area contributed by atoms with Crippen LogP contribution in [0.1, 0.15) is 10.4 Å². The van der Waals surface area contributed by atoms with Gasteiger partial charge in [0.1, 0.15) is 0 Å². The molecule has 0 atom stereocenters. The van der Waals surface area contributed by atoms with Gasteiger partial charge in [-0.1, -0.05) is 0 Å². The fraction of sp³-hybridized carbons (Fsp3) is 0. The van der Waals surface area contributed by atoms with Crippen molar-refractivity contribution in [3.63, 3.8) is 0 Å². The third-order valence-corrected chi connectivity index (χ3v) is 3.76. The molecule has 0 spiro atoms. The van der Waals surface area contributed by atoms with Crippen molar-refractivity contribution < 1.29 is 18.3 Å². The Labute approximate surface area is 99.6 Å². The number of carboxylic acids is 1. The number of carbonyl (C=O) groups is 1. The molecule has 15 heavy (non-hydrogen) atoms. The Morgan fingerprint density at radius 1 is 1.47 bits per heavy atom. The van der Waals surface area contributed by atoms with E-state index in [1.54, 1.807) is 27.4 Å². The minimum absolute atomic E-state index is 0.0769. The van der Waals surface area contributed by atoms with Crippen molar-refractivity contribution in [2.75, 3.05) is 0 Å². The second-order valence-electron chi connectivity index (χ2n) is 2.57. The van der Waals surface area contributed by atoms with Gasteiger partial charge in [-0.05, 0) is 40.8 Å². The number of rotatable bonds is 3. The lowest BCUT2D eigenvalue weighted by Crippen LogP contribution is -2.30. The van der Waals surface area contributed by atoms with Gasteiger partial charge >= 0.3 is 5.97 Å². The molecule has 0 heterocycles. The first-order valence-electron chi connectivity index (χ1n) is 3.64. The quantitative estimate of drug-likeness (QED) is 0.411. The lowest BCUT2D eigenvalue weighted by atomic mass is 10.2. The van der Waals surface area contributed by atoms with E-state index in [-0.39, 0.29) is 10.5 Å². The highest BCUT2D eigenvalue weighted by molar-refractivity contribution is 14.1. The molecule has 0 radical (unpaired) electrons. The number of hydrogen-bond donors (Lipinski definition) is 3. The SMILES string of the molecule is NNS(=O)(=O)c1ccc(I)c(C(=O)O)c1. The van der Waals surface area contributed by atoms with Gasteiger partial charge in [0, 0.05) is 3.57 Å². The Kier molecular flexibility index (Phi) is 3.65. The number of aromatic carboxylic acids is 1. The summed E-state index contributed by atoms with van der Waals surface area (Å²) in [6.07, 6.45) is 0. The second-order valence-corrected chi connectivity index (χ2v) is 5.44. The van der Waals surface area contributed by atoms with Gasteiger partial charge in [-0.15, -0.1) is 0 Å². The first-order valence-corrected chi connectivity index (χ1v) is 6.20. The largest absolute Gasteiger partial charge is 0.478 e. The van der Waals surface area contributed by atoms with Gasteiger partial charge in [0.25, 0.3) is 10.0 Å². The van der Waals surface area contributed by atoms with Crippen LogP contribution in [0.3, 0.4) is 0 Å². The number of benzene rings is 1. The molecule has 4 N–H and O–H groups in total. The average molecular weight is 342 g/mol. The molecule has 0 aliphatic rings. The van der Waals surface area contributed by atoms with Crippen molar-refractivity contribution in [3.8, 4) is 0 Å². The summed E-state index contributed by atoms with van der Waals surface area (Å²) in [6, 6.07) is 3.73. The van der Waals surface area contributed by atoms with Crippen LogP contribution in [0.15, 0.2) is 23.1 Å². The molecule has 0 saturated carbocycles. The van der Waals surface area contributed by atoms with Crippen molar-refractivity contribution in [3.05, 3.63) is 27.3 Å². The zero-order valence-electron chi connectivity index (χ0n) is 7.27. The summed E-state index contributed by atoms with van der Waals surface area (Å²) in [6.45, 7) is 0. The van der Waals surface area contributed by atoms with E-state index in [1.807, 2.05) is 0 Å². The monoisotopic (exact) mass is 342 g/mol. The van der Waals surface area contributed by atoms with Crippen LogP contribution in [-0.4, -0.2) is 19.5 Å². The molecule has 1 aromatic carbocycles. The van der Waals surface area contributed by atoms with E-state index in [0.29, 0.717) is 3.57 Å². The molecule has 8 heteroatoms. The van der Waals surface area contributed by atoms with E-state index in [0.717, 1.165) is 6.07 Å². The third kappa shape index (κ3) is 2.65. The Morgan fingerprint density at radius 2 is 2.07 bits per heavy atom. The van der Waals surface area contributed by atoms with Crippen LogP contribution in [0, 0.1) is 3.57 Å². The van der Waals surface area contributed by atoms with Crippen molar-refractivity contribution in [1.82, 2.24) is 4.83 Å². The lowest BCUT2D eigenvalue weighted by Gasteiger charge is -2.04. The zero-order valence-corrected chi connectivity index (χ0v) is 10.2. The van der Waals surface area contributed by atoms with Crippen LogP contribution in [0.4, 0.5) is 0 Å². The second kappa shape index (κ2) is 4.43. The third-order valence-electron chi connectivity index (χ3n) is 1.63. The minimum Gasteiger partial charge on any atom is -0.478 e. The van der Waals surface area contributed by atoms with Gasteiger partial charge in [-0.3, -0.25) is 5.84 Å². The first-order chi connectivity index (χ1) is 6.88. The standard InChI is InChI=1S/C7H7IN2O4S/c8-6-2-1-4(15(13,14)10-9)3-5(6)7(11)12/h1-3,10H,9H2,(H,11,12). The normalized spacial score (nSPS) is 11.3. The van der Waals surface area contributed by atoms with Crippen LogP contribution < -0.4 is 10.7 Å². The number of sulfonamides is 1. The predicted molar refractivity (Wildman–Crippen MR) is 60.6 cm³/mol. The number of hydrazine groups is 1. The zero-order chi connectivity index (χ0) is 11.6. The fourth-order valence-electron chi connectivity index (χ4n) is 0.903. The van der Waals surface area contributed by atoms with Crippen molar-refractivity contribution in [2.24, 2.45) is 5.84 Å². The molecular weight excluding hydrogens is 335 g/mol. The Bertz CT molecular complexity index is 500. The molecular formula is C7H7IN2O4S. The topological polar surface area (TPSA) is 109 Å². The smallest absolute Gasteiger partial charge is 0.336 e. The maximum Gasteiger partial charge on any atom is 0.336 e. The van der Waals surface area contributed by atoms with Crippen molar-refractivity contribution in [2.45, 2.75) is 4.90 Å². The highest BCUT2D eigenvalue weighted by Gasteiger charge is 2.16. The molecule has 6 nitrogen and oxygen atoms in total. The molecule has 0 amide bonds. The van der Waals surface area contributed by atoms with E-state index in [9.17, 15) is 13.2 Å². The number of carboxylic acid groups (broad SMARTS) is 1. The molecule has 0 saturated heterocycles. The highest BCUT2D eigenvalue weighted by Crippen LogP contribution is 2.17. The van der Waals surface area contributed by atoms with E-state index in [1.165, 1.54) is 12.1 Å². The van der Waals surface area contributed by atoms with Gasteiger partial charge in [-0.25, -0.2) is 13.2 Å².